The fraction of sp³-hybridized carbons (Fsp3) is 0.526. The smallest absolute Gasteiger partial charge is 0.315 e. The van der Waals surface area contributed by atoms with Crippen molar-refractivity contribution >= 4 is 6.03 Å². The third kappa shape index (κ3) is 4.59. The number of hydrogen-bond acceptors (Lipinski definition) is 3. The first-order chi connectivity index (χ1) is 11.9. The molecule has 3 rings (SSSR count). The molecule has 6 heteroatoms. The van der Waals surface area contributed by atoms with Crippen molar-refractivity contribution in [2.45, 2.75) is 64.6 Å². The van der Waals surface area contributed by atoms with Gasteiger partial charge in [0.2, 0.25) is 0 Å². The third-order valence-corrected chi connectivity index (χ3v) is 4.35. The zero-order chi connectivity index (χ0) is 17.9. The lowest BCUT2D eigenvalue weighted by molar-refractivity contribution is 0.231. The van der Waals surface area contributed by atoms with Gasteiger partial charge < -0.3 is 10.6 Å². The molecule has 2 heterocycles. The Morgan fingerprint density at radius 2 is 1.92 bits per heavy atom. The summed E-state index contributed by atoms with van der Waals surface area (Å²) < 4.78 is 2.14. The Kier molecular flexibility index (Phi) is 5.06. The Bertz CT molecular complexity index is 711. The van der Waals surface area contributed by atoms with Crippen LogP contribution >= 0.6 is 0 Å². The van der Waals surface area contributed by atoms with Crippen molar-refractivity contribution in [2.75, 3.05) is 0 Å². The van der Waals surface area contributed by atoms with Gasteiger partial charge in [-0.05, 0) is 51.8 Å². The van der Waals surface area contributed by atoms with Crippen LogP contribution in [0, 0.1) is 0 Å². The third-order valence-electron chi connectivity index (χ3n) is 4.35. The molecule has 2 amide bonds. The summed E-state index contributed by atoms with van der Waals surface area (Å²) in [6.07, 6.45) is 8.43. The molecule has 0 unspecified atom stereocenters. The van der Waals surface area contributed by atoms with Crippen molar-refractivity contribution in [1.82, 2.24) is 25.4 Å². The summed E-state index contributed by atoms with van der Waals surface area (Å²) in [6, 6.07) is 6.36. The lowest BCUT2D eigenvalue weighted by Gasteiger charge is -2.20. The van der Waals surface area contributed by atoms with Gasteiger partial charge in [0.15, 0.2) is 0 Å². The molecule has 2 N–H and O–H groups in total. The van der Waals surface area contributed by atoms with E-state index in [9.17, 15) is 4.79 Å². The van der Waals surface area contributed by atoms with Gasteiger partial charge in [0.1, 0.15) is 0 Å². The fourth-order valence-corrected chi connectivity index (χ4v) is 3.25. The van der Waals surface area contributed by atoms with Gasteiger partial charge in [-0.15, -0.1) is 0 Å². The van der Waals surface area contributed by atoms with E-state index in [0.29, 0.717) is 12.6 Å². The molecule has 1 fully saturated rings. The van der Waals surface area contributed by atoms with E-state index in [4.69, 9.17) is 5.10 Å². The molecule has 0 radical (unpaired) electrons. The van der Waals surface area contributed by atoms with Crippen LogP contribution in [0.3, 0.4) is 0 Å². The Hall–Kier alpha value is -2.37. The molecule has 2 aromatic heterocycles. The van der Waals surface area contributed by atoms with Gasteiger partial charge in [-0.3, -0.25) is 9.67 Å². The van der Waals surface area contributed by atoms with Gasteiger partial charge >= 0.3 is 6.03 Å². The van der Waals surface area contributed by atoms with Crippen molar-refractivity contribution in [3.63, 3.8) is 0 Å². The number of rotatable bonds is 4. The van der Waals surface area contributed by atoms with Crippen LogP contribution in [0.25, 0.3) is 11.3 Å². The average Bonchev–Trinajstić information content (AvgIpc) is 3.21. The molecular weight excluding hydrogens is 314 g/mol. The summed E-state index contributed by atoms with van der Waals surface area (Å²) in [6.45, 7) is 6.30. The van der Waals surface area contributed by atoms with Crippen LogP contribution in [0.15, 0.2) is 30.6 Å². The SMILES string of the molecule is CC(C)(C)NC(=O)NCc1cc(-c2ccncc2)n(C2CCCC2)n1. The Labute approximate surface area is 149 Å². The van der Waals surface area contributed by atoms with Crippen molar-refractivity contribution in [2.24, 2.45) is 0 Å². The van der Waals surface area contributed by atoms with Crippen molar-refractivity contribution in [1.29, 1.82) is 0 Å². The molecular formula is C19H27N5O. The highest BCUT2D eigenvalue weighted by molar-refractivity contribution is 5.74. The number of hydrogen-bond donors (Lipinski definition) is 2. The first-order valence-electron chi connectivity index (χ1n) is 8.97. The van der Waals surface area contributed by atoms with Gasteiger partial charge in [-0.25, -0.2) is 4.79 Å². The molecule has 0 aromatic carbocycles. The largest absolute Gasteiger partial charge is 0.334 e. The normalized spacial score (nSPS) is 15.3. The van der Waals surface area contributed by atoms with E-state index in [1.807, 2.05) is 32.9 Å². The first-order valence-corrected chi connectivity index (χ1v) is 8.97. The van der Waals surface area contributed by atoms with Crippen LogP contribution in [0.2, 0.25) is 0 Å². The Morgan fingerprint density at radius 1 is 1.24 bits per heavy atom. The number of nitrogens with zero attached hydrogens (tertiary/aromatic N) is 3. The predicted octanol–water partition coefficient (Wildman–Crippen LogP) is 3.66. The summed E-state index contributed by atoms with van der Waals surface area (Å²) in [5.41, 5.74) is 2.83. The van der Waals surface area contributed by atoms with E-state index in [1.165, 1.54) is 12.8 Å². The second-order valence-electron chi connectivity index (χ2n) is 7.70. The van der Waals surface area contributed by atoms with E-state index in [0.717, 1.165) is 29.8 Å². The van der Waals surface area contributed by atoms with Crippen LogP contribution in [0.1, 0.15) is 58.2 Å². The average molecular weight is 341 g/mol. The van der Waals surface area contributed by atoms with Gasteiger partial charge in [0.05, 0.1) is 24.0 Å². The summed E-state index contributed by atoms with van der Waals surface area (Å²) in [5.74, 6) is 0. The quantitative estimate of drug-likeness (QED) is 0.891. The number of carbonyl (C=O) groups is 1. The second kappa shape index (κ2) is 7.25. The van der Waals surface area contributed by atoms with Crippen LogP contribution in [0.5, 0.6) is 0 Å². The lowest BCUT2D eigenvalue weighted by atomic mass is 10.1. The van der Waals surface area contributed by atoms with Crippen LogP contribution in [0.4, 0.5) is 4.79 Å². The van der Waals surface area contributed by atoms with E-state index < -0.39 is 0 Å². The van der Waals surface area contributed by atoms with E-state index >= 15 is 0 Å². The minimum Gasteiger partial charge on any atom is -0.334 e. The molecule has 0 aliphatic heterocycles. The molecule has 134 valence electrons. The summed E-state index contributed by atoms with van der Waals surface area (Å²) in [5, 5.41) is 10.6. The van der Waals surface area contributed by atoms with Gasteiger partial charge in [-0.2, -0.15) is 5.10 Å². The zero-order valence-electron chi connectivity index (χ0n) is 15.2. The first kappa shape index (κ1) is 17.5. The van der Waals surface area contributed by atoms with Crippen LogP contribution in [-0.4, -0.2) is 26.3 Å². The summed E-state index contributed by atoms with van der Waals surface area (Å²) >= 11 is 0. The van der Waals surface area contributed by atoms with Crippen molar-refractivity contribution < 1.29 is 4.79 Å². The standard InChI is InChI=1S/C19H27N5O/c1-19(2,3)22-18(25)21-13-15-12-17(14-8-10-20-11-9-14)24(23-15)16-6-4-5-7-16/h8-12,16H,4-7,13H2,1-3H3,(H2,21,22,25). The van der Waals surface area contributed by atoms with Crippen LogP contribution in [-0.2, 0) is 6.54 Å². The molecule has 1 aliphatic rings. The molecule has 2 aromatic rings. The number of pyridine rings is 1. The molecule has 1 aliphatic carbocycles. The van der Waals surface area contributed by atoms with E-state index in [-0.39, 0.29) is 11.6 Å². The van der Waals surface area contributed by atoms with Gasteiger partial charge in [0.25, 0.3) is 0 Å². The highest BCUT2D eigenvalue weighted by Crippen LogP contribution is 2.33. The minimum absolute atomic E-state index is 0.173. The van der Waals surface area contributed by atoms with E-state index in [2.05, 4.69) is 26.4 Å². The topological polar surface area (TPSA) is 71.8 Å². The molecule has 25 heavy (non-hydrogen) atoms. The second-order valence-corrected chi connectivity index (χ2v) is 7.70. The molecule has 0 spiro atoms. The molecule has 0 saturated heterocycles. The number of urea groups is 1. The van der Waals surface area contributed by atoms with Crippen LogP contribution < -0.4 is 10.6 Å². The highest BCUT2D eigenvalue weighted by Gasteiger charge is 2.22. The Morgan fingerprint density at radius 3 is 2.56 bits per heavy atom. The zero-order valence-corrected chi connectivity index (χ0v) is 15.2. The number of carbonyl (C=O) groups excluding carboxylic acids is 1. The summed E-state index contributed by atoms with van der Waals surface area (Å²) in [4.78, 5) is 16.1. The lowest BCUT2D eigenvalue weighted by Crippen LogP contribution is -2.46. The van der Waals surface area contributed by atoms with Gasteiger partial charge in [0, 0.05) is 23.5 Å². The maximum Gasteiger partial charge on any atom is 0.315 e. The predicted molar refractivity (Wildman–Crippen MR) is 98.1 cm³/mol. The summed E-state index contributed by atoms with van der Waals surface area (Å²) in [7, 11) is 0. The van der Waals surface area contributed by atoms with Crippen molar-refractivity contribution in [3.8, 4) is 11.3 Å². The van der Waals surface area contributed by atoms with E-state index in [1.54, 1.807) is 12.4 Å². The number of amides is 2. The number of aromatic nitrogens is 3. The van der Waals surface area contributed by atoms with Gasteiger partial charge in [-0.1, -0.05) is 12.8 Å². The maximum atomic E-state index is 12.0. The van der Waals surface area contributed by atoms with Crippen molar-refractivity contribution in [3.05, 3.63) is 36.3 Å². The number of nitrogens with one attached hydrogen (secondary N) is 2. The fourth-order valence-electron chi connectivity index (χ4n) is 3.25. The monoisotopic (exact) mass is 341 g/mol. The molecule has 0 bridgehead atoms. The highest BCUT2D eigenvalue weighted by atomic mass is 16.2. The maximum absolute atomic E-state index is 12.0. The minimum atomic E-state index is -0.254. The molecule has 1 saturated carbocycles. The Balaban J connectivity index is 1.78. The molecule has 0 atom stereocenters. The molecule has 6 nitrogen and oxygen atoms in total.